The van der Waals surface area contributed by atoms with Gasteiger partial charge in [-0.25, -0.2) is 9.97 Å². The number of para-hydroxylation sites is 2. The van der Waals surface area contributed by atoms with Gasteiger partial charge in [-0.1, -0.05) is 60.6 Å². The van der Waals surface area contributed by atoms with Gasteiger partial charge in [0.15, 0.2) is 20.4 Å². The molecule has 6 aromatic rings. The summed E-state index contributed by atoms with van der Waals surface area (Å²) < 4.78 is 6.82. The molecular formula is C28H26N4O4S4. The second-order valence-corrected chi connectivity index (χ2v) is 13.8. The van der Waals surface area contributed by atoms with Crippen molar-refractivity contribution in [2.24, 2.45) is 0 Å². The van der Waals surface area contributed by atoms with Gasteiger partial charge >= 0.3 is 0 Å². The van der Waals surface area contributed by atoms with Crippen LogP contribution in [-0.2, 0) is 13.1 Å². The number of rotatable bonds is 11. The van der Waals surface area contributed by atoms with Gasteiger partial charge in [-0.3, -0.25) is 9.13 Å². The largest absolute Gasteiger partial charge is 0.494 e. The highest BCUT2D eigenvalue weighted by molar-refractivity contribution is 8.01. The van der Waals surface area contributed by atoms with Crippen LogP contribution in [0.5, 0.6) is 23.5 Å². The lowest BCUT2D eigenvalue weighted by Gasteiger charge is -2.09. The number of hydrogen-bond donors (Lipinski definition) is 4. The molecule has 0 unspecified atom stereocenters. The summed E-state index contributed by atoms with van der Waals surface area (Å²) in [6.45, 7) is 0.974. The summed E-state index contributed by atoms with van der Waals surface area (Å²) in [6.07, 6.45) is 3.27. The fraction of sp³-hybridized carbons (Fsp3) is 0.214. The minimum atomic E-state index is 0.0291. The van der Waals surface area contributed by atoms with Crippen molar-refractivity contribution < 1.29 is 20.4 Å². The molecule has 206 valence electrons. The number of nitrogens with zero attached hydrogens (tertiary/aromatic N) is 4. The molecule has 0 aliphatic heterocycles. The van der Waals surface area contributed by atoms with E-state index in [4.69, 9.17) is 0 Å². The molecule has 0 atom stereocenters. The summed E-state index contributed by atoms with van der Waals surface area (Å²) in [5, 5.41) is 42.2. The highest BCUT2D eigenvalue weighted by Gasteiger charge is 2.18. The Morgan fingerprint density at radius 2 is 1.02 bits per heavy atom. The van der Waals surface area contributed by atoms with Crippen LogP contribution in [0.2, 0.25) is 0 Å². The summed E-state index contributed by atoms with van der Waals surface area (Å²) in [5.74, 6) is 0.145. The van der Waals surface area contributed by atoms with Crippen molar-refractivity contribution in [3.63, 3.8) is 0 Å². The van der Waals surface area contributed by atoms with Crippen molar-refractivity contribution in [3.05, 3.63) is 60.7 Å². The first-order valence-electron chi connectivity index (χ1n) is 12.8. The van der Waals surface area contributed by atoms with Gasteiger partial charge in [0.25, 0.3) is 0 Å². The molecule has 0 fully saturated rings. The number of aromatic hydroxyl groups is 4. The number of aromatic nitrogens is 4. The first-order chi connectivity index (χ1) is 19.5. The molecule has 0 aliphatic carbocycles. The minimum Gasteiger partial charge on any atom is -0.494 e. The Morgan fingerprint density at radius 3 is 1.45 bits per heavy atom. The van der Waals surface area contributed by atoms with Gasteiger partial charge in [0, 0.05) is 25.2 Å². The summed E-state index contributed by atoms with van der Waals surface area (Å²) in [6, 6.07) is 18.9. The van der Waals surface area contributed by atoms with E-state index in [0.29, 0.717) is 22.9 Å². The van der Waals surface area contributed by atoms with Gasteiger partial charge in [0.05, 0.1) is 30.2 Å². The van der Waals surface area contributed by atoms with E-state index in [0.717, 1.165) is 54.8 Å². The van der Waals surface area contributed by atoms with Crippen molar-refractivity contribution in [1.29, 1.82) is 0 Å². The molecule has 4 heterocycles. The van der Waals surface area contributed by atoms with Gasteiger partial charge in [0.1, 0.15) is 0 Å². The predicted molar refractivity (Wildman–Crippen MR) is 161 cm³/mol. The molecule has 2 aromatic carbocycles. The van der Waals surface area contributed by atoms with E-state index < -0.39 is 0 Å². The van der Waals surface area contributed by atoms with E-state index in [1.54, 1.807) is 34.8 Å². The first-order valence-corrected chi connectivity index (χ1v) is 16.0. The lowest BCUT2D eigenvalue weighted by atomic mass is 10.2. The molecule has 0 radical (unpaired) electrons. The third-order valence-corrected chi connectivity index (χ3v) is 10.7. The Kier molecular flexibility index (Phi) is 7.83. The third-order valence-electron chi connectivity index (χ3n) is 6.48. The number of hydrogen-bond acceptors (Lipinski definition) is 10. The van der Waals surface area contributed by atoms with E-state index in [9.17, 15) is 20.4 Å². The van der Waals surface area contributed by atoms with E-state index >= 15 is 0 Å². The van der Waals surface area contributed by atoms with Crippen LogP contribution in [0, 0.1) is 0 Å². The van der Waals surface area contributed by atoms with Gasteiger partial charge < -0.3 is 20.4 Å². The van der Waals surface area contributed by atoms with Crippen LogP contribution in [0.1, 0.15) is 25.7 Å². The average Bonchev–Trinajstić information content (AvgIpc) is 3.67. The Balaban J connectivity index is 0.991. The second kappa shape index (κ2) is 11.7. The molecule has 12 heteroatoms. The van der Waals surface area contributed by atoms with Gasteiger partial charge in [0.2, 0.25) is 11.8 Å². The SMILES string of the molecule is Oc1cc(Sc2nc3ccccc3s2)c(O)n1CCCCCCn1c(O)cc(Sc2nc3ccccc3s2)c1O. The predicted octanol–water partition coefficient (Wildman–Crippen LogP) is 7.89. The standard InChI is InChI=1S/C28H26N4O4S4/c33-23-15-21(39-27-29-17-9-3-5-11-19(17)37-27)25(35)31(23)13-7-1-2-8-14-32-24(34)16-22(26(32)36)40-28-30-18-10-4-6-12-20(18)38-28/h3-6,9-12,15-16,33-36H,1-2,7-8,13-14H2. The van der Waals surface area contributed by atoms with E-state index in [2.05, 4.69) is 9.97 Å². The Bertz CT molecular complexity index is 1590. The van der Waals surface area contributed by atoms with Crippen molar-refractivity contribution in [3.8, 4) is 23.5 Å². The van der Waals surface area contributed by atoms with Gasteiger partial charge in [-0.2, -0.15) is 0 Å². The van der Waals surface area contributed by atoms with Crippen molar-refractivity contribution >= 4 is 66.6 Å². The average molecular weight is 611 g/mol. The van der Waals surface area contributed by atoms with Gasteiger partial charge in [-0.05, 0) is 37.1 Å². The van der Waals surface area contributed by atoms with E-state index in [-0.39, 0.29) is 23.5 Å². The van der Waals surface area contributed by atoms with Crippen LogP contribution in [0.4, 0.5) is 0 Å². The second-order valence-electron chi connectivity index (χ2n) is 9.20. The molecule has 0 saturated heterocycles. The number of thiazole rings is 2. The van der Waals surface area contributed by atoms with Crippen LogP contribution < -0.4 is 0 Å². The molecule has 0 spiro atoms. The monoisotopic (exact) mass is 610 g/mol. The number of benzene rings is 2. The van der Waals surface area contributed by atoms with E-state index in [1.165, 1.54) is 32.7 Å². The fourth-order valence-electron chi connectivity index (χ4n) is 4.46. The Morgan fingerprint density at radius 1 is 0.600 bits per heavy atom. The van der Waals surface area contributed by atoms with Crippen molar-refractivity contribution in [2.45, 2.75) is 57.2 Å². The summed E-state index contributed by atoms with van der Waals surface area (Å²) in [4.78, 5) is 10.3. The molecule has 4 N–H and O–H groups in total. The van der Waals surface area contributed by atoms with Crippen LogP contribution >= 0.6 is 46.2 Å². The van der Waals surface area contributed by atoms with Crippen LogP contribution in [-0.4, -0.2) is 39.5 Å². The lowest BCUT2D eigenvalue weighted by molar-refractivity contribution is 0.350. The number of unbranched alkanes of at least 4 members (excludes halogenated alkanes) is 3. The van der Waals surface area contributed by atoms with Gasteiger partial charge in [-0.15, -0.1) is 22.7 Å². The molecule has 8 nitrogen and oxygen atoms in total. The highest BCUT2D eigenvalue weighted by Crippen LogP contribution is 2.43. The quantitative estimate of drug-likeness (QED) is 0.109. The number of fused-ring (bicyclic) bond motifs is 2. The molecule has 0 bridgehead atoms. The Hall–Kier alpha value is -3.32. The highest BCUT2D eigenvalue weighted by atomic mass is 32.2. The fourth-order valence-corrected chi connectivity index (χ4v) is 8.67. The smallest absolute Gasteiger partial charge is 0.208 e. The molecule has 0 amide bonds. The minimum absolute atomic E-state index is 0.0291. The zero-order chi connectivity index (χ0) is 27.6. The normalized spacial score (nSPS) is 11.7. The van der Waals surface area contributed by atoms with Crippen LogP contribution in [0.15, 0.2) is 79.1 Å². The summed E-state index contributed by atoms with van der Waals surface area (Å²) >= 11 is 5.80. The van der Waals surface area contributed by atoms with Crippen LogP contribution in [0.25, 0.3) is 20.4 Å². The Labute approximate surface area is 246 Å². The molecule has 0 saturated carbocycles. The molecular weight excluding hydrogens is 585 g/mol. The van der Waals surface area contributed by atoms with Crippen LogP contribution in [0.3, 0.4) is 0 Å². The maximum absolute atomic E-state index is 10.7. The first kappa shape index (κ1) is 26.9. The summed E-state index contributed by atoms with van der Waals surface area (Å²) in [7, 11) is 0. The van der Waals surface area contributed by atoms with E-state index in [1.807, 2.05) is 48.5 Å². The lowest BCUT2D eigenvalue weighted by Crippen LogP contribution is -1.99. The summed E-state index contributed by atoms with van der Waals surface area (Å²) in [5.41, 5.74) is 1.84. The zero-order valence-corrected chi connectivity index (χ0v) is 24.5. The molecule has 6 rings (SSSR count). The molecule has 4 aromatic heterocycles. The zero-order valence-electron chi connectivity index (χ0n) is 21.2. The molecule has 0 aliphatic rings. The van der Waals surface area contributed by atoms with Crippen molar-refractivity contribution in [1.82, 2.24) is 19.1 Å². The maximum Gasteiger partial charge on any atom is 0.208 e. The topological polar surface area (TPSA) is 117 Å². The molecule has 40 heavy (non-hydrogen) atoms. The maximum atomic E-state index is 10.7. The third kappa shape index (κ3) is 5.62. The van der Waals surface area contributed by atoms with Crippen molar-refractivity contribution in [2.75, 3.05) is 0 Å².